The van der Waals surface area contributed by atoms with Gasteiger partial charge < -0.3 is 9.80 Å². The molecule has 0 spiro atoms. The van der Waals surface area contributed by atoms with E-state index in [-0.39, 0.29) is 5.91 Å². The molecule has 1 atom stereocenters. The van der Waals surface area contributed by atoms with Crippen LogP contribution in [0.2, 0.25) is 0 Å². The zero-order chi connectivity index (χ0) is 18.4. The number of anilines is 2. The fourth-order valence-electron chi connectivity index (χ4n) is 3.66. The van der Waals surface area contributed by atoms with E-state index in [2.05, 4.69) is 32.1 Å². The maximum absolute atomic E-state index is 12.7. The summed E-state index contributed by atoms with van der Waals surface area (Å²) in [5.41, 5.74) is 2.11. The first kappa shape index (κ1) is 15.9. The Balaban J connectivity index is 1.37. The van der Waals surface area contributed by atoms with Gasteiger partial charge in [0.05, 0.1) is 29.7 Å². The molecule has 3 aromatic heterocycles. The van der Waals surface area contributed by atoms with Gasteiger partial charge in [-0.15, -0.1) is 10.2 Å². The van der Waals surface area contributed by atoms with Crippen molar-refractivity contribution in [2.24, 2.45) is 5.92 Å². The molecule has 1 amide bonds. The minimum atomic E-state index is -0.0696. The number of hydrogen-bond donors (Lipinski definition) is 0. The first-order valence-electron chi connectivity index (χ1n) is 9.08. The predicted molar refractivity (Wildman–Crippen MR) is 99.9 cm³/mol. The van der Waals surface area contributed by atoms with Gasteiger partial charge in [0.25, 0.3) is 5.91 Å². The summed E-state index contributed by atoms with van der Waals surface area (Å²) in [6, 6.07) is 7.56. The van der Waals surface area contributed by atoms with Crippen molar-refractivity contribution in [3.05, 3.63) is 54.1 Å². The Morgan fingerprint density at radius 1 is 1.15 bits per heavy atom. The Hall–Kier alpha value is -3.29. The summed E-state index contributed by atoms with van der Waals surface area (Å²) in [5, 5.41) is 13.2. The second-order valence-electron chi connectivity index (χ2n) is 7.13. The van der Waals surface area contributed by atoms with E-state index < -0.39 is 0 Å². The topological polar surface area (TPSA) is 80.0 Å². The van der Waals surface area contributed by atoms with E-state index in [0.717, 1.165) is 30.3 Å². The van der Waals surface area contributed by atoms with Gasteiger partial charge in [-0.05, 0) is 36.6 Å². The zero-order valence-corrected chi connectivity index (χ0v) is 15.0. The summed E-state index contributed by atoms with van der Waals surface area (Å²) in [4.78, 5) is 20.7. The van der Waals surface area contributed by atoms with Gasteiger partial charge >= 0.3 is 0 Å². The molecule has 3 aromatic rings. The summed E-state index contributed by atoms with van der Waals surface area (Å²) in [6.07, 6.45) is 6.29. The highest BCUT2D eigenvalue weighted by Crippen LogP contribution is 2.27. The monoisotopic (exact) mass is 361 g/mol. The number of amides is 1. The molecule has 8 nitrogen and oxygen atoms in total. The molecular weight excluding hydrogens is 342 g/mol. The molecule has 8 heteroatoms. The third-order valence-corrected chi connectivity index (χ3v) is 5.15. The van der Waals surface area contributed by atoms with Crippen LogP contribution < -0.4 is 9.80 Å². The van der Waals surface area contributed by atoms with Crippen molar-refractivity contribution in [1.29, 1.82) is 0 Å². The van der Waals surface area contributed by atoms with Gasteiger partial charge in [-0.1, -0.05) is 6.92 Å². The van der Waals surface area contributed by atoms with Crippen LogP contribution in [-0.4, -0.2) is 44.0 Å². The Kier molecular flexibility index (Phi) is 3.63. The molecule has 0 bridgehead atoms. The number of nitrogens with zero attached hydrogens (tertiary/aromatic N) is 7. The van der Waals surface area contributed by atoms with E-state index >= 15 is 0 Å². The van der Waals surface area contributed by atoms with Crippen molar-refractivity contribution in [2.75, 3.05) is 22.9 Å². The highest BCUT2D eigenvalue weighted by molar-refractivity contribution is 6.09. The van der Waals surface area contributed by atoms with Gasteiger partial charge in [0.1, 0.15) is 0 Å². The van der Waals surface area contributed by atoms with Gasteiger partial charge in [0, 0.05) is 25.5 Å². The first-order valence-corrected chi connectivity index (χ1v) is 9.08. The SMILES string of the molecule is CC1CCN(c2ccc(-n3cc4c(n3)CN(c3cccnc3)C4=O)nn2)C1. The normalized spacial score (nSPS) is 19.0. The van der Waals surface area contributed by atoms with Gasteiger partial charge in [0.15, 0.2) is 11.6 Å². The maximum atomic E-state index is 12.7. The van der Waals surface area contributed by atoms with Crippen molar-refractivity contribution < 1.29 is 4.79 Å². The van der Waals surface area contributed by atoms with Crippen molar-refractivity contribution in [3.63, 3.8) is 0 Å². The van der Waals surface area contributed by atoms with E-state index in [1.807, 2.05) is 24.3 Å². The van der Waals surface area contributed by atoms with Crippen molar-refractivity contribution >= 4 is 17.4 Å². The number of pyridine rings is 1. The number of rotatable bonds is 3. The Morgan fingerprint density at radius 2 is 2.00 bits per heavy atom. The van der Waals surface area contributed by atoms with Crippen LogP contribution in [0, 0.1) is 5.92 Å². The molecular formula is C19H19N7O. The van der Waals surface area contributed by atoms with Gasteiger partial charge in [-0.25, -0.2) is 4.68 Å². The van der Waals surface area contributed by atoms with E-state index in [1.165, 1.54) is 6.42 Å². The van der Waals surface area contributed by atoms with Crippen molar-refractivity contribution in [3.8, 4) is 5.82 Å². The summed E-state index contributed by atoms with van der Waals surface area (Å²) in [6.45, 7) is 4.72. The fourth-order valence-corrected chi connectivity index (χ4v) is 3.66. The molecule has 5 rings (SSSR count). The summed E-state index contributed by atoms with van der Waals surface area (Å²) in [7, 11) is 0. The smallest absolute Gasteiger partial charge is 0.262 e. The minimum absolute atomic E-state index is 0.0696. The molecule has 1 unspecified atom stereocenters. The summed E-state index contributed by atoms with van der Waals surface area (Å²) >= 11 is 0. The zero-order valence-electron chi connectivity index (χ0n) is 15.0. The highest BCUT2D eigenvalue weighted by atomic mass is 16.2. The van der Waals surface area contributed by atoms with Crippen molar-refractivity contribution in [1.82, 2.24) is 25.0 Å². The standard InChI is InChI=1S/C19H19N7O/c1-13-6-8-24(10-13)17-4-5-18(22-21-17)26-11-15-16(23-26)12-25(19(15)27)14-3-2-7-20-9-14/h2-5,7,9,11,13H,6,8,10,12H2,1H3. The van der Waals surface area contributed by atoms with Crippen LogP contribution in [0.4, 0.5) is 11.5 Å². The Labute approximate surface area is 156 Å². The number of carbonyl (C=O) groups excluding carboxylic acids is 1. The van der Waals surface area contributed by atoms with Crippen LogP contribution in [0.1, 0.15) is 29.4 Å². The first-order chi connectivity index (χ1) is 13.2. The van der Waals surface area contributed by atoms with E-state index in [9.17, 15) is 4.79 Å². The lowest BCUT2D eigenvalue weighted by molar-refractivity contribution is 0.0996. The summed E-state index contributed by atoms with van der Waals surface area (Å²) < 4.78 is 1.63. The van der Waals surface area contributed by atoms with Gasteiger partial charge in [-0.3, -0.25) is 9.78 Å². The van der Waals surface area contributed by atoms with E-state index in [0.29, 0.717) is 23.8 Å². The van der Waals surface area contributed by atoms with Crippen LogP contribution in [0.15, 0.2) is 42.9 Å². The minimum Gasteiger partial charge on any atom is -0.355 e. The molecule has 0 aromatic carbocycles. The van der Waals surface area contributed by atoms with Crippen LogP contribution in [0.5, 0.6) is 0 Å². The number of fused-ring (bicyclic) bond motifs is 1. The second-order valence-corrected chi connectivity index (χ2v) is 7.13. The van der Waals surface area contributed by atoms with Gasteiger partial charge in [0.2, 0.25) is 0 Å². The Morgan fingerprint density at radius 3 is 2.67 bits per heavy atom. The highest BCUT2D eigenvalue weighted by Gasteiger charge is 2.32. The lowest BCUT2D eigenvalue weighted by atomic mass is 10.2. The molecule has 0 saturated carbocycles. The van der Waals surface area contributed by atoms with Crippen LogP contribution in [0.3, 0.4) is 0 Å². The summed E-state index contributed by atoms with van der Waals surface area (Å²) in [5.74, 6) is 2.12. The second kappa shape index (κ2) is 6.15. The predicted octanol–water partition coefficient (Wildman–Crippen LogP) is 2.06. The number of hydrogen-bond acceptors (Lipinski definition) is 6. The van der Waals surface area contributed by atoms with Crippen LogP contribution >= 0.6 is 0 Å². The number of carbonyl (C=O) groups is 1. The molecule has 2 aliphatic rings. The molecule has 0 aliphatic carbocycles. The molecule has 1 fully saturated rings. The quantitative estimate of drug-likeness (QED) is 0.710. The Bertz CT molecular complexity index is 983. The van der Waals surface area contributed by atoms with Crippen LogP contribution in [0.25, 0.3) is 5.82 Å². The molecule has 0 N–H and O–H groups in total. The average Bonchev–Trinajstić information content (AvgIpc) is 3.39. The molecule has 2 aliphatic heterocycles. The lowest BCUT2D eigenvalue weighted by Gasteiger charge is -2.16. The maximum Gasteiger partial charge on any atom is 0.262 e. The lowest BCUT2D eigenvalue weighted by Crippen LogP contribution is -2.24. The van der Waals surface area contributed by atoms with Crippen molar-refractivity contribution in [2.45, 2.75) is 19.9 Å². The molecule has 0 radical (unpaired) electrons. The van der Waals surface area contributed by atoms with E-state index in [1.54, 1.807) is 28.2 Å². The third kappa shape index (κ3) is 2.73. The fraction of sp³-hybridized carbons (Fsp3) is 0.316. The van der Waals surface area contributed by atoms with E-state index in [4.69, 9.17) is 0 Å². The average molecular weight is 361 g/mol. The third-order valence-electron chi connectivity index (χ3n) is 5.15. The van der Waals surface area contributed by atoms with Gasteiger partial charge in [-0.2, -0.15) is 5.10 Å². The largest absolute Gasteiger partial charge is 0.355 e. The molecule has 5 heterocycles. The molecule has 27 heavy (non-hydrogen) atoms. The number of aromatic nitrogens is 5. The van der Waals surface area contributed by atoms with Crippen LogP contribution in [-0.2, 0) is 6.54 Å². The molecule has 1 saturated heterocycles. The molecule has 136 valence electrons.